The summed E-state index contributed by atoms with van der Waals surface area (Å²) in [5.74, 6) is -1.26. The van der Waals surface area contributed by atoms with Gasteiger partial charge < -0.3 is 20.7 Å². The molecule has 3 N–H and O–H groups in total. The van der Waals surface area contributed by atoms with Crippen molar-refractivity contribution >= 4 is 24.1 Å². The number of benzene rings is 1. The molecule has 0 aromatic heterocycles. The van der Waals surface area contributed by atoms with Crippen molar-refractivity contribution in [3.63, 3.8) is 0 Å². The fraction of sp³-hybridized carbons (Fsp3) is 0.412. The Morgan fingerprint density at radius 2 is 1.85 bits per heavy atom. The van der Waals surface area contributed by atoms with Crippen LogP contribution in [0.25, 0.3) is 0 Å². The smallest absolute Gasteiger partial charge is 0.308 e. The van der Waals surface area contributed by atoms with E-state index in [1.165, 1.54) is 12.0 Å². The second kappa shape index (κ2) is 7.52. The molecule has 3 rings (SSSR count). The number of carbonyl (C=O) groups is 3. The molecule has 2 amide bonds. The summed E-state index contributed by atoms with van der Waals surface area (Å²) < 4.78 is 4.65. The molecular formula is C17H21N5O4. The third-order valence-electron chi connectivity index (χ3n) is 4.40. The molecule has 9 heteroatoms. The van der Waals surface area contributed by atoms with E-state index < -0.39 is 24.0 Å². The average Bonchev–Trinajstić information content (AvgIpc) is 3.46. The van der Waals surface area contributed by atoms with Gasteiger partial charge in [0, 0.05) is 13.1 Å². The van der Waals surface area contributed by atoms with Crippen LogP contribution in [0.15, 0.2) is 29.4 Å². The largest absolute Gasteiger partial charge is 0.469 e. The predicted molar refractivity (Wildman–Crippen MR) is 92.4 cm³/mol. The molecule has 1 fully saturated rings. The molecular weight excluding hydrogens is 338 g/mol. The normalized spacial score (nSPS) is 21.6. The molecule has 1 saturated heterocycles. The number of methoxy groups -OCH3 is 1. The fourth-order valence-electron chi connectivity index (χ4n) is 2.87. The molecule has 0 saturated carbocycles. The van der Waals surface area contributed by atoms with Crippen LogP contribution < -0.4 is 11.1 Å². The van der Waals surface area contributed by atoms with Gasteiger partial charge in [-0.05, 0) is 11.1 Å². The van der Waals surface area contributed by atoms with Crippen molar-refractivity contribution in [1.82, 2.24) is 15.2 Å². The zero-order valence-corrected chi connectivity index (χ0v) is 14.4. The van der Waals surface area contributed by atoms with Crippen molar-refractivity contribution in [1.29, 1.82) is 0 Å². The summed E-state index contributed by atoms with van der Waals surface area (Å²) in [6.07, 6.45) is 1.54. The van der Waals surface area contributed by atoms with Crippen LogP contribution in [-0.2, 0) is 32.2 Å². The Kier molecular flexibility index (Phi) is 5.17. The van der Waals surface area contributed by atoms with Crippen LogP contribution in [0.3, 0.4) is 0 Å². The zero-order chi connectivity index (χ0) is 18.7. The van der Waals surface area contributed by atoms with Crippen LogP contribution in [0.2, 0.25) is 0 Å². The van der Waals surface area contributed by atoms with E-state index in [0.29, 0.717) is 6.54 Å². The van der Waals surface area contributed by atoms with Crippen molar-refractivity contribution in [3.8, 4) is 0 Å². The van der Waals surface area contributed by atoms with Crippen molar-refractivity contribution in [2.24, 2.45) is 10.8 Å². The number of rotatable bonds is 7. The van der Waals surface area contributed by atoms with Crippen LogP contribution in [0.1, 0.15) is 17.5 Å². The predicted octanol–water partition coefficient (Wildman–Crippen LogP) is -0.837. The van der Waals surface area contributed by atoms with E-state index in [0.717, 1.165) is 11.1 Å². The molecule has 138 valence electrons. The van der Waals surface area contributed by atoms with Gasteiger partial charge in [0.1, 0.15) is 18.4 Å². The maximum absolute atomic E-state index is 12.7. The Morgan fingerprint density at radius 3 is 2.38 bits per heavy atom. The number of nitrogens with two attached hydrogens (primary N) is 1. The summed E-state index contributed by atoms with van der Waals surface area (Å²) in [7, 11) is 1.25. The summed E-state index contributed by atoms with van der Waals surface area (Å²) in [5, 5.41) is 8.33. The highest BCUT2D eigenvalue weighted by Gasteiger charge is 2.41. The van der Waals surface area contributed by atoms with Crippen LogP contribution in [0, 0.1) is 0 Å². The van der Waals surface area contributed by atoms with Gasteiger partial charge >= 0.3 is 5.97 Å². The molecule has 2 heterocycles. The van der Waals surface area contributed by atoms with Gasteiger partial charge in [-0.1, -0.05) is 24.3 Å². The van der Waals surface area contributed by atoms with E-state index >= 15 is 0 Å². The molecule has 0 radical (unpaired) electrons. The number of hydrogen-bond donors (Lipinski definition) is 2. The molecule has 2 atom stereocenters. The summed E-state index contributed by atoms with van der Waals surface area (Å²) in [6, 6.07) is 5.98. The number of piperazine rings is 1. The number of esters is 1. The molecule has 9 nitrogen and oxygen atoms in total. The van der Waals surface area contributed by atoms with E-state index in [-0.39, 0.29) is 25.4 Å². The number of nitrogens with one attached hydrogen (secondary N) is 1. The SMILES string of the molecule is COC(=O)CC1C(=O)NC(CN)C(=O)N1Cc1ccc(CN2C=N2)cc1. The second-order valence-electron chi connectivity index (χ2n) is 6.20. The Hall–Kier alpha value is -2.94. The van der Waals surface area contributed by atoms with E-state index in [2.05, 4.69) is 15.2 Å². The first-order valence-corrected chi connectivity index (χ1v) is 8.28. The number of carbonyl (C=O) groups excluding carboxylic acids is 3. The molecule has 2 aliphatic rings. The number of ether oxygens (including phenoxy) is 1. The number of hydrogen-bond acceptors (Lipinski definition) is 7. The van der Waals surface area contributed by atoms with E-state index in [1.54, 1.807) is 6.34 Å². The van der Waals surface area contributed by atoms with Gasteiger partial charge in [-0.15, -0.1) is 0 Å². The van der Waals surface area contributed by atoms with Crippen molar-refractivity contribution < 1.29 is 19.1 Å². The number of nitrogens with zero attached hydrogens (tertiary/aromatic N) is 3. The summed E-state index contributed by atoms with van der Waals surface area (Å²) in [6.45, 7) is 0.914. The van der Waals surface area contributed by atoms with E-state index in [1.807, 2.05) is 29.3 Å². The van der Waals surface area contributed by atoms with Gasteiger partial charge in [0.15, 0.2) is 0 Å². The minimum atomic E-state index is -0.914. The third kappa shape index (κ3) is 3.99. The fourth-order valence-corrected chi connectivity index (χ4v) is 2.87. The van der Waals surface area contributed by atoms with Gasteiger partial charge in [0.2, 0.25) is 11.8 Å². The lowest BCUT2D eigenvalue weighted by atomic mass is 10.0. The van der Waals surface area contributed by atoms with Crippen molar-refractivity contribution in [3.05, 3.63) is 35.4 Å². The quantitative estimate of drug-likeness (QED) is 0.613. The minimum Gasteiger partial charge on any atom is -0.469 e. The monoisotopic (exact) mass is 359 g/mol. The van der Waals surface area contributed by atoms with Crippen LogP contribution in [0.4, 0.5) is 0 Å². The van der Waals surface area contributed by atoms with Crippen LogP contribution >= 0.6 is 0 Å². The van der Waals surface area contributed by atoms with Crippen LogP contribution in [-0.4, -0.2) is 59.8 Å². The first kappa shape index (κ1) is 17.9. The maximum atomic E-state index is 12.7. The summed E-state index contributed by atoms with van der Waals surface area (Å²) in [5.41, 5.74) is 7.53. The lowest BCUT2D eigenvalue weighted by molar-refractivity contribution is -0.154. The zero-order valence-electron chi connectivity index (χ0n) is 14.4. The lowest BCUT2D eigenvalue weighted by Gasteiger charge is -2.38. The average molecular weight is 359 g/mol. The lowest BCUT2D eigenvalue weighted by Crippen LogP contribution is -2.65. The summed E-state index contributed by atoms with van der Waals surface area (Å²) in [4.78, 5) is 38.1. The minimum absolute atomic E-state index is 0.000784. The van der Waals surface area contributed by atoms with E-state index in [9.17, 15) is 14.4 Å². The Labute approximate surface area is 150 Å². The number of amides is 2. The first-order chi connectivity index (χ1) is 12.5. The van der Waals surface area contributed by atoms with Gasteiger partial charge in [0.25, 0.3) is 0 Å². The Balaban J connectivity index is 1.75. The first-order valence-electron chi connectivity index (χ1n) is 8.28. The molecule has 0 spiro atoms. The molecule has 1 aromatic rings. The number of hydrazone groups is 1. The molecule has 1 aromatic carbocycles. The van der Waals surface area contributed by atoms with Gasteiger partial charge in [-0.25, -0.2) is 5.01 Å². The van der Waals surface area contributed by atoms with Crippen molar-refractivity contribution in [2.75, 3.05) is 13.7 Å². The Morgan fingerprint density at radius 1 is 1.23 bits per heavy atom. The molecule has 2 unspecified atom stereocenters. The third-order valence-corrected chi connectivity index (χ3v) is 4.40. The molecule has 26 heavy (non-hydrogen) atoms. The second-order valence-corrected chi connectivity index (χ2v) is 6.20. The molecule has 0 bridgehead atoms. The van der Waals surface area contributed by atoms with E-state index in [4.69, 9.17) is 5.73 Å². The van der Waals surface area contributed by atoms with Crippen LogP contribution in [0.5, 0.6) is 0 Å². The highest BCUT2D eigenvalue weighted by molar-refractivity contribution is 5.98. The van der Waals surface area contributed by atoms with Gasteiger partial charge in [-0.2, -0.15) is 5.10 Å². The Bertz CT molecular complexity index is 727. The summed E-state index contributed by atoms with van der Waals surface area (Å²) >= 11 is 0. The topological polar surface area (TPSA) is 117 Å². The highest BCUT2D eigenvalue weighted by atomic mass is 16.5. The highest BCUT2D eigenvalue weighted by Crippen LogP contribution is 2.19. The van der Waals surface area contributed by atoms with Gasteiger partial charge in [-0.3, -0.25) is 14.4 Å². The molecule has 2 aliphatic heterocycles. The maximum Gasteiger partial charge on any atom is 0.308 e. The standard InChI is InChI=1S/C17H21N5O4/c1-26-15(23)6-14-16(24)20-13(7-18)17(25)22(14)9-12-4-2-11(3-5-12)8-21-10-19-21/h2-5,10,13-14H,6-9,18H2,1H3,(H,20,24). The van der Waals surface area contributed by atoms with Crippen molar-refractivity contribution in [2.45, 2.75) is 31.6 Å². The molecule has 0 aliphatic carbocycles. The van der Waals surface area contributed by atoms with Gasteiger partial charge in [0.05, 0.1) is 20.1 Å².